The van der Waals surface area contributed by atoms with E-state index in [1.807, 2.05) is 29.2 Å². The minimum Gasteiger partial charge on any atom is -0.493 e. The molecule has 0 spiro atoms. The largest absolute Gasteiger partial charge is 0.493 e. The van der Waals surface area contributed by atoms with E-state index in [2.05, 4.69) is 6.92 Å². The fourth-order valence-electron chi connectivity index (χ4n) is 4.49. The third-order valence-electron chi connectivity index (χ3n) is 6.57. The van der Waals surface area contributed by atoms with Crippen LogP contribution in [0.2, 0.25) is 0 Å². The normalized spacial score (nSPS) is 19.6. The molecule has 0 aliphatic carbocycles. The maximum Gasteiger partial charge on any atom is 0.256 e. The molecule has 2 aromatic carbocycles. The molecule has 170 valence electrons. The third-order valence-corrected chi connectivity index (χ3v) is 6.57. The predicted molar refractivity (Wildman–Crippen MR) is 121 cm³/mol. The first kappa shape index (κ1) is 22.3. The number of rotatable bonds is 5. The summed E-state index contributed by atoms with van der Waals surface area (Å²) in [4.78, 5) is 29.0. The molecule has 2 amide bonds. The van der Waals surface area contributed by atoms with Crippen LogP contribution < -0.4 is 4.74 Å². The molecule has 0 saturated carbocycles. The summed E-state index contributed by atoms with van der Waals surface area (Å²) < 4.78 is 19.9. The van der Waals surface area contributed by atoms with Crippen molar-refractivity contribution in [2.75, 3.05) is 32.8 Å². The Morgan fingerprint density at radius 2 is 1.66 bits per heavy atom. The topological polar surface area (TPSA) is 49.9 Å². The van der Waals surface area contributed by atoms with Crippen LogP contribution in [0.4, 0.5) is 4.39 Å². The summed E-state index contributed by atoms with van der Waals surface area (Å²) in [6.45, 7) is 5.55. The van der Waals surface area contributed by atoms with E-state index in [1.54, 1.807) is 17.0 Å². The lowest BCUT2D eigenvalue weighted by molar-refractivity contribution is 0.0628. The molecule has 0 aromatic heterocycles. The number of hydrogen-bond donors (Lipinski definition) is 0. The SMILES string of the molecule is CC1CCN(C(=O)c2ccc(OC[C@H]3CCCN(C(=O)c4ccccc4F)C3)cc2)CC1. The Kier molecular flexibility index (Phi) is 7.08. The Hall–Kier alpha value is -2.89. The molecule has 0 bridgehead atoms. The molecular weight excluding hydrogens is 407 g/mol. The van der Waals surface area contributed by atoms with Gasteiger partial charge in [0.1, 0.15) is 11.6 Å². The maximum atomic E-state index is 14.0. The lowest BCUT2D eigenvalue weighted by Crippen LogP contribution is -2.41. The van der Waals surface area contributed by atoms with Crippen molar-refractivity contribution in [2.45, 2.75) is 32.6 Å². The lowest BCUT2D eigenvalue weighted by Gasteiger charge is -2.32. The van der Waals surface area contributed by atoms with Gasteiger partial charge in [-0.05, 0) is 68.0 Å². The summed E-state index contributed by atoms with van der Waals surface area (Å²) in [7, 11) is 0. The van der Waals surface area contributed by atoms with Gasteiger partial charge in [0.15, 0.2) is 0 Å². The molecular formula is C26H31FN2O3. The highest BCUT2D eigenvalue weighted by Crippen LogP contribution is 2.23. The highest BCUT2D eigenvalue weighted by atomic mass is 19.1. The van der Waals surface area contributed by atoms with Crippen LogP contribution in [0.25, 0.3) is 0 Å². The summed E-state index contributed by atoms with van der Waals surface area (Å²) >= 11 is 0. The van der Waals surface area contributed by atoms with Gasteiger partial charge in [-0.25, -0.2) is 4.39 Å². The molecule has 5 nitrogen and oxygen atoms in total. The van der Waals surface area contributed by atoms with E-state index < -0.39 is 5.82 Å². The van der Waals surface area contributed by atoms with Gasteiger partial charge >= 0.3 is 0 Å². The van der Waals surface area contributed by atoms with Crippen LogP contribution in [0, 0.1) is 17.7 Å². The molecule has 0 unspecified atom stereocenters. The predicted octanol–water partition coefficient (Wildman–Crippen LogP) is 4.63. The van der Waals surface area contributed by atoms with Crippen LogP contribution >= 0.6 is 0 Å². The van der Waals surface area contributed by atoms with E-state index in [0.29, 0.717) is 36.9 Å². The summed E-state index contributed by atoms with van der Waals surface area (Å²) in [5, 5.41) is 0. The van der Waals surface area contributed by atoms with Crippen molar-refractivity contribution in [3.8, 4) is 5.75 Å². The zero-order valence-corrected chi connectivity index (χ0v) is 18.6. The Morgan fingerprint density at radius 3 is 2.38 bits per heavy atom. The summed E-state index contributed by atoms with van der Waals surface area (Å²) in [5.41, 5.74) is 0.809. The lowest BCUT2D eigenvalue weighted by atomic mass is 9.98. The fourth-order valence-corrected chi connectivity index (χ4v) is 4.49. The summed E-state index contributed by atoms with van der Waals surface area (Å²) in [6, 6.07) is 13.4. The number of nitrogens with zero attached hydrogens (tertiary/aromatic N) is 2. The summed E-state index contributed by atoms with van der Waals surface area (Å²) in [6.07, 6.45) is 3.95. The fraction of sp³-hybridized carbons (Fsp3) is 0.462. The van der Waals surface area contributed by atoms with Crippen LogP contribution in [0.1, 0.15) is 53.3 Å². The van der Waals surface area contributed by atoms with Gasteiger partial charge in [-0.15, -0.1) is 0 Å². The van der Waals surface area contributed by atoms with Crippen molar-refractivity contribution in [1.29, 1.82) is 0 Å². The molecule has 2 fully saturated rings. The highest BCUT2D eigenvalue weighted by Gasteiger charge is 2.26. The van der Waals surface area contributed by atoms with Crippen molar-refractivity contribution in [2.24, 2.45) is 11.8 Å². The van der Waals surface area contributed by atoms with Gasteiger partial charge in [-0.3, -0.25) is 9.59 Å². The Morgan fingerprint density at radius 1 is 0.938 bits per heavy atom. The Labute approximate surface area is 189 Å². The summed E-state index contributed by atoms with van der Waals surface area (Å²) in [5.74, 6) is 0.931. The maximum absolute atomic E-state index is 14.0. The van der Waals surface area contributed by atoms with E-state index in [-0.39, 0.29) is 23.3 Å². The average molecular weight is 439 g/mol. The van der Waals surface area contributed by atoms with Gasteiger partial charge in [-0.2, -0.15) is 0 Å². The molecule has 1 atom stereocenters. The molecule has 2 aromatic rings. The second-order valence-electron chi connectivity index (χ2n) is 9.05. The highest BCUT2D eigenvalue weighted by molar-refractivity contribution is 5.95. The number of benzene rings is 2. The standard InChI is InChI=1S/C26H31FN2O3/c1-19-12-15-28(16-13-19)25(30)21-8-10-22(11-9-21)32-18-20-5-4-14-29(17-20)26(31)23-6-2-3-7-24(23)27/h2-3,6-11,19-20H,4-5,12-18H2,1H3/t20-/m0/s1. The number of carbonyl (C=O) groups is 2. The van der Waals surface area contributed by atoms with Crippen LogP contribution in [-0.2, 0) is 0 Å². The Balaban J connectivity index is 1.29. The van der Waals surface area contributed by atoms with Crippen LogP contribution in [-0.4, -0.2) is 54.4 Å². The van der Waals surface area contributed by atoms with Gasteiger partial charge < -0.3 is 14.5 Å². The molecule has 6 heteroatoms. The third kappa shape index (κ3) is 5.29. The van der Waals surface area contributed by atoms with Crippen molar-refractivity contribution in [3.05, 3.63) is 65.5 Å². The zero-order valence-electron chi connectivity index (χ0n) is 18.6. The number of amides is 2. The smallest absolute Gasteiger partial charge is 0.256 e. The Bertz CT molecular complexity index is 938. The second kappa shape index (κ2) is 10.2. The zero-order chi connectivity index (χ0) is 22.5. The van der Waals surface area contributed by atoms with Gasteiger partial charge in [0, 0.05) is 37.7 Å². The van der Waals surface area contributed by atoms with Gasteiger partial charge in [0.2, 0.25) is 0 Å². The minimum absolute atomic E-state index is 0.0815. The quantitative estimate of drug-likeness (QED) is 0.684. The average Bonchev–Trinajstić information content (AvgIpc) is 2.83. The molecule has 4 rings (SSSR count). The number of piperidine rings is 2. The monoisotopic (exact) mass is 438 g/mol. The number of ether oxygens (including phenoxy) is 1. The molecule has 2 aliphatic heterocycles. The van der Waals surface area contributed by atoms with E-state index in [1.165, 1.54) is 12.1 Å². The molecule has 0 radical (unpaired) electrons. The first-order valence-corrected chi connectivity index (χ1v) is 11.6. The minimum atomic E-state index is -0.482. The van der Waals surface area contributed by atoms with Crippen molar-refractivity contribution in [3.63, 3.8) is 0 Å². The number of hydrogen-bond acceptors (Lipinski definition) is 3. The van der Waals surface area contributed by atoms with Gasteiger partial charge in [-0.1, -0.05) is 19.1 Å². The van der Waals surface area contributed by atoms with Crippen LogP contribution in [0.15, 0.2) is 48.5 Å². The molecule has 32 heavy (non-hydrogen) atoms. The molecule has 2 saturated heterocycles. The first-order chi connectivity index (χ1) is 15.5. The van der Waals surface area contributed by atoms with E-state index in [0.717, 1.165) is 38.8 Å². The van der Waals surface area contributed by atoms with Crippen molar-refractivity contribution >= 4 is 11.8 Å². The van der Waals surface area contributed by atoms with Gasteiger partial charge in [0.05, 0.1) is 12.2 Å². The van der Waals surface area contributed by atoms with Gasteiger partial charge in [0.25, 0.3) is 11.8 Å². The molecule has 2 heterocycles. The number of carbonyl (C=O) groups excluding carboxylic acids is 2. The van der Waals surface area contributed by atoms with Crippen molar-refractivity contribution < 1.29 is 18.7 Å². The molecule has 2 aliphatic rings. The first-order valence-electron chi connectivity index (χ1n) is 11.6. The van der Waals surface area contributed by atoms with E-state index >= 15 is 0 Å². The number of likely N-dealkylation sites (tertiary alicyclic amines) is 2. The van der Waals surface area contributed by atoms with Crippen LogP contribution in [0.3, 0.4) is 0 Å². The molecule has 0 N–H and O–H groups in total. The second-order valence-corrected chi connectivity index (χ2v) is 9.05. The van der Waals surface area contributed by atoms with E-state index in [4.69, 9.17) is 4.74 Å². The van der Waals surface area contributed by atoms with Crippen molar-refractivity contribution in [1.82, 2.24) is 9.80 Å². The van der Waals surface area contributed by atoms with E-state index in [9.17, 15) is 14.0 Å². The number of halogens is 1. The van der Waals surface area contributed by atoms with Crippen LogP contribution in [0.5, 0.6) is 5.75 Å².